The Labute approximate surface area is 173 Å². The maximum absolute atomic E-state index is 14.6. The predicted octanol–water partition coefficient (Wildman–Crippen LogP) is 2.82. The number of hydrogen-bond acceptors (Lipinski definition) is 7. The zero-order chi connectivity index (χ0) is 21.3. The smallest absolute Gasteiger partial charge is 0.220 e. The SMILES string of the molecule is Cc1nc(N)nc2c1C(=O)CC(c1c(OCCN)cccc1-c1cccnc1F)C2. The number of carbonyl (C=O) groups is 1. The number of carbonyl (C=O) groups excluding carboxylic acids is 1. The number of rotatable bonds is 5. The minimum atomic E-state index is -0.584. The van der Waals surface area contributed by atoms with Gasteiger partial charge in [0.15, 0.2) is 5.78 Å². The first kappa shape index (κ1) is 19.9. The van der Waals surface area contributed by atoms with E-state index in [9.17, 15) is 9.18 Å². The van der Waals surface area contributed by atoms with E-state index in [0.717, 1.165) is 5.56 Å². The van der Waals surface area contributed by atoms with Crippen LogP contribution in [0.4, 0.5) is 10.3 Å². The highest BCUT2D eigenvalue weighted by Gasteiger charge is 2.33. The van der Waals surface area contributed by atoms with E-state index in [1.807, 2.05) is 12.1 Å². The third kappa shape index (κ3) is 3.61. The lowest BCUT2D eigenvalue weighted by molar-refractivity contribution is 0.0961. The number of anilines is 1. The molecule has 0 amide bonds. The molecule has 30 heavy (non-hydrogen) atoms. The molecule has 0 fully saturated rings. The summed E-state index contributed by atoms with van der Waals surface area (Å²) in [5, 5.41) is 0. The molecule has 1 atom stereocenters. The molecule has 0 saturated heterocycles. The molecular formula is C22H22FN5O2. The van der Waals surface area contributed by atoms with E-state index in [0.29, 0.717) is 53.4 Å². The van der Waals surface area contributed by atoms with Crippen molar-refractivity contribution in [1.29, 1.82) is 0 Å². The van der Waals surface area contributed by atoms with Gasteiger partial charge >= 0.3 is 0 Å². The second-order valence-electron chi connectivity index (χ2n) is 7.21. The van der Waals surface area contributed by atoms with Crippen LogP contribution >= 0.6 is 0 Å². The molecule has 0 saturated carbocycles. The van der Waals surface area contributed by atoms with Gasteiger partial charge in [0, 0.05) is 36.2 Å². The van der Waals surface area contributed by atoms with Crippen molar-refractivity contribution in [2.75, 3.05) is 18.9 Å². The highest BCUT2D eigenvalue weighted by atomic mass is 19.1. The van der Waals surface area contributed by atoms with Crippen LogP contribution in [0, 0.1) is 12.9 Å². The minimum Gasteiger partial charge on any atom is -0.492 e. The molecule has 4 rings (SSSR count). The second kappa shape index (κ2) is 8.16. The Balaban J connectivity index is 1.87. The summed E-state index contributed by atoms with van der Waals surface area (Å²) in [6.07, 6.45) is 2.10. The lowest BCUT2D eigenvalue weighted by Crippen LogP contribution is -2.24. The van der Waals surface area contributed by atoms with Crippen molar-refractivity contribution in [3.63, 3.8) is 0 Å². The number of aromatic nitrogens is 3. The number of nitrogens with two attached hydrogens (primary N) is 2. The van der Waals surface area contributed by atoms with Crippen LogP contribution < -0.4 is 16.2 Å². The predicted molar refractivity (Wildman–Crippen MR) is 111 cm³/mol. The number of halogens is 1. The second-order valence-corrected chi connectivity index (χ2v) is 7.21. The van der Waals surface area contributed by atoms with Gasteiger partial charge in [-0.1, -0.05) is 12.1 Å². The third-order valence-corrected chi connectivity index (χ3v) is 5.23. The van der Waals surface area contributed by atoms with Crippen LogP contribution in [0.2, 0.25) is 0 Å². The number of ether oxygens (including phenoxy) is 1. The molecule has 1 aliphatic rings. The molecule has 1 aliphatic carbocycles. The summed E-state index contributed by atoms with van der Waals surface area (Å²) in [6, 6.07) is 8.75. The average Bonchev–Trinajstić information content (AvgIpc) is 2.71. The number of nitrogens with zero attached hydrogens (tertiary/aromatic N) is 3. The molecule has 4 N–H and O–H groups in total. The van der Waals surface area contributed by atoms with Crippen molar-refractivity contribution in [2.24, 2.45) is 5.73 Å². The van der Waals surface area contributed by atoms with Crippen LogP contribution in [0.1, 0.15) is 39.6 Å². The van der Waals surface area contributed by atoms with Gasteiger partial charge in [-0.2, -0.15) is 4.39 Å². The van der Waals surface area contributed by atoms with E-state index in [1.54, 1.807) is 25.1 Å². The van der Waals surface area contributed by atoms with Gasteiger partial charge in [-0.15, -0.1) is 0 Å². The first-order chi connectivity index (χ1) is 14.5. The number of hydrogen-bond donors (Lipinski definition) is 2. The van der Waals surface area contributed by atoms with Gasteiger partial charge < -0.3 is 16.2 Å². The van der Waals surface area contributed by atoms with Crippen LogP contribution in [-0.4, -0.2) is 33.9 Å². The van der Waals surface area contributed by atoms with Gasteiger partial charge in [0.2, 0.25) is 11.9 Å². The summed E-state index contributed by atoms with van der Waals surface area (Å²) in [5.41, 5.74) is 14.9. The van der Waals surface area contributed by atoms with Gasteiger partial charge in [0.1, 0.15) is 12.4 Å². The van der Waals surface area contributed by atoms with Crippen LogP contribution in [0.15, 0.2) is 36.5 Å². The van der Waals surface area contributed by atoms with Crippen LogP contribution in [-0.2, 0) is 6.42 Å². The van der Waals surface area contributed by atoms with Crippen molar-refractivity contribution in [1.82, 2.24) is 15.0 Å². The molecule has 0 radical (unpaired) electrons. The Morgan fingerprint density at radius 3 is 2.73 bits per heavy atom. The molecule has 7 nitrogen and oxygen atoms in total. The first-order valence-electron chi connectivity index (χ1n) is 9.72. The lowest BCUT2D eigenvalue weighted by atomic mass is 9.78. The molecule has 154 valence electrons. The highest BCUT2D eigenvalue weighted by Crippen LogP contribution is 2.43. The van der Waals surface area contributed by atoms with Gasteiger partial charge in [-0.05, 0) is 37.1 Å². The number of benzene rings is 1. The molecule has 1 unspecified atom stereocenters. The fourth-order valence-electron chi connectivity index (χ4n) is 4.08. The quantitative estimate of drug-likeness (QED) is 0.625. The number of Topliss-reactive ketones (excluding diaryl/α,β-unsaturated/α-hetero) is 1. The van der Waals surface area contributed by atoms with E-state index in [4.69, 9.17) is 16.2 Å². The molecule has 3 aromatic rings. The summed E-state index contributed by atoms with van der Waals surface area (Å²) in [6.45, 7) is 2.39. The molecule has 1 aromatic carbocycles. The number of ketones is 1. The molecule has 0 spiro atoms. The van der Waals surface area contributed by atoms with Gasteiger partial charge in [0.25, 0.3) is 0 Å². The van der Waals surface area contributed by atoms with Crippen LogP contribution in [0.25, 0.3) is 11.1 Å². The fraction of sp³-hybridized carbons (Fsp3) is 0.273. The molecular weight excluding hydrogens is 385 g/mol. The molecule has 2 aromatic heterocycles. The monoisotopic (exact) mass is 407 g/mol. The minimum absolute atomic E-state index is 0.0648. The summed E-state index contributed by atoms with van der Waals surface area (Å²) in [7, 11) is 0. The first-order valence-corrected chi connectivity index (χ1v) is 9.72. The van der Waals surface area contributed by atoms with E-state index in [1.165, 1.54) is 6.20 Å². The van der Waals surface area contributed by atoms with Gasteiger partial charge in [-0.3, -0.25) is 4.79 Å². The zero-order valence-corrected chi connectivity index (χ0v) is 16.6. The number of fused-ring (bicyclic) bond motifs is 1. The Morgan fingerprint density at radius 2 is 1.97 bits per heavy atom. The molecule has 2 heterocycles. The molecule has 8 heteroatoms. The Bertz CT molecular complexity index is 1120. The van der Waals surface area contributed by atoms with Gasteiger partial charge in [-0.25, -0.2) is 15.0 Å². The van der Waals surface area contributed by atoms with Crippen molar-refractivity contribution in [3.8, 4) is 16.9 Å². The van der Waals surface area contributed by atoms with Crippen molar-refractivity contribution < 1.29 is 13.9 Å². The molecule has 0 aliphatic heterocycles. The summed E-state index contributed by atoms with van der Waals surface area (Å²) in [5.74, 6) is -0.209. The van der Waals surface area contributed by atoms with Crippen molar-refractivity contribution in [2.45, 2.75) is 25.7 Å². The van der Waals surface area contributed by atoms with E-state index >= 15 is 0 Å². The maximum Gasteiger partial charge on any atom is 0.220 e. The Morgan fingerprint density at radius 1 is 1.17 bits per heavy atom. The normalized spacial score (nSPS) is 15.7. The number of nitrogen functional groups attached to an aromatic ring is 1. The van der Waals surface area contributed by atoms with E-state index in [-0.39, 0.29) is 24.1 Å². The zero-order valence-electron chi connectivity index (χ0n) is 16.6. The summed E-state index contributed by atoms with van der Waals surface area (Å²) in [4.78, 5) is 25.2. The third-order valence-electron chi connectivity index (χ3n) is 5.23. The van der Waals surface area contributed by atoms with E-state index in [2.05, 4.69) is 15.0 Å². The Kier molecular flexibility index (Phi) is 5.41. The number of pyridine rings is 1. The fourth-order valence-corrected chi connectivity index (χ4v) is 4.08. The van der Waals surface area contributed by atoms with E-state index < -0.39 is 5.95 Å². The van der Waals surface area contributed by atoms with Crippen molar-refractivity contribution in [3.05, 3.63) is 65.0 Å². The average molecular weight is 407 g/mol. The highest BCUT2D eigenvalue weighted by molar-refractivity contribution is 6.00. The maximum atomic E-state index is 14.6. The summed E-state index contributed by atoms with van der Waals surface area (Å²) < 4.78 is 20.4. The van der Waals surface area contributed by atoms with Crippen LogP contribution in [0.5, 0.6) is 5.75 Å². The summed E-state index contributed by atoms with van der Waals surface area (Å²) >= 11 is 0. The van der Waals surface area contributed by atoms with Crippen molar-refractivity contribution >= 4 is 11.7 Å². The van der Waals surface area contributed by atoms with Crippen LogP contribution in [0.3, 0.4) is 0 Å². The largest absolute Gasteiger partial charge is 0.492 e. The topological polar surface area (TPSA) is 117 Å². The lowest BCUT2D eigenvalue weighted by Gasteiger charge is -2.28. The molecule has 0 bridgehead atoms. The standard InChI is InChI=1S/C22H22FN5O2/c1-12-19-16(28-22(25)27-12)10-13(11-17(19)29)20-14(15-5-3-8-26-21(15)23)4-2-6-18(20)30-9-7-24/h2-6,8,13H,7,9-11,24H2,1H3,(H2,25,27,28). The Hall–Kier alpha value is -3.39. The van der Waals surface area contributed by atoms with Gasteiger partial charge in [0.05, 0.1) is 17.0 Å². The number of aryl methyl sites for hydroxylation is 1.